The molecule has 0 bridgehead atoms. The van der Waals surface area contributed by atoms with E-state index >= 15 is 0 Å². The molecule has 14 heteroatoms. The molecule has 0 saturated carbocycles. The van der Waals surface area contributed by atoms with Gasteiger partial charge in [-0.15, -0.1) is 0 Å². The zero-order valence-electron chi connectivity index (χ0n) is 20.2. The van der Waals surface area contributed by atoms with E-state index < -0.39 is 51.9 Å². The van der Waals surface area contributed by atoms with Crippen molar-refractivity contribution in [2.24, 2.45) is 0 Å². The van der Waals surface area contributed by atoms with Gasteiger partial charge in [-0.2, -0.15) is 13.2 Å². The lowest BCUT2D eigenvalue weighted by atomic mass is 9.91. The monoisotopic (exact) mass is 536 g/mol. The van der Waals surface area contributed by atoms with Crippen LogP contribution in [0.3, 0.4) is 0 Å². The number of amides is 2. The standard InChI is InChI=1S/C24H23F3N4O7/c1-3-36-14-8-7-13(12-16(14)37-4-2)9-10-31-18-17(20(33)29-22(31)35)23(21(34)28-18,24(25,26)27)30-19(32)15-6-5-11-38-15/h5-8,11-12H,3-4,9-10H2,1-2H3,(H,28,34)(H,30,32)(H,29,33,35)/t23-/m0/s1. The van der Waals surface area contributed by atoms with E-state index in [1.807, 2.05) is 10.3 Å². The number of rotatable bonds is 9. The molecular weight excluding hydrogens is 513 g/mol. The summed E-state index contributed by atoms with van der Waals surface area (Å²) in [6.07, 6.45) is -4.29. The number of carbonyl (C=O) groups is 2. The van der Waals surface area contributed by atoms with Crippen LogP contribution in [0.5, 0.6) is 11.5 Å². The van der Waals surface area contributed by atoms with Crippen LogP contribution in [-0.4, -0.2) is 40.8 Å². The molecule has 2 aromatic heterocycles. The first-order chi connectivity index (χ1) is 18.0. The number of benzene rings is 1. The molecule has 3 N–H and O–H groups in total. The Bertz CT molecular complexity index is 1480. The SMILES string of the molecule is CCOc1ccc(CCn2c3c(c(=O)[nH]c2=O)[C@@](NC(=O)c2ccco2)(C(F)(F)F)C(=O)N3)cc1OCC. The van der Waals surface area contributed by atoms with Crippen LogP contribution in [-0.2, 0) is 23.3 Å². The minimum absolute atomic E-state index is 0.110. The molecule has 0 fully saturated rings. The van der Waals surface area contributed by atoms with Gasteiger partial charge in [-0.25, -0.2) is 4.79 Å². The van der Waals surface area contributed by atoms with Crippen molar-refractivity contribution in [1.82, 2.24) is 14.9 Å². The molecule has 3 heterocycles. The fourth-order valence-electron chi connectivity index (χ4n) is 4.17. The highest BCUT2D eigenvalue weighted by molar-refractivity contribution is 6.08. The maximum Gasteiger partial charge on any atom is 0.425 e. The van der Waals surface area contributed by atoms with Gasteiger partial charge >= 0.3 is 11.9 Å². The summed E-state index contributed by atoms with van der Waals surface area (Å²) >= 11 is 0. The van der Waals surface area contributed by atoms with Crippen molar-refractivity contribution in [1.29, 1.82) is 0 Å². The predicted molar refractivity (Wildman–Crippen MR) is 126 cm³/mol. The number of aromatic nitrogens is 2. The molecular formula is C24H23F3N4O7. The van der Waals surface area contributed by atoms with Crippen molar-refractivity contribution >= 4 is 17.6 Å². The van der Waals surface area contributed by atoms with E-state index in [-0.39, 0.29) is 13.0 Å². The third-order valence-electron chi connectivity index (χ3n) is 5.85. The second kappa shape index (κ2) is 10.1. The highest BCUT2D eigenvalue weighted by Gasteiger charge is 2.68. The lowest BCUT2D eigenvalue weighted by molar-refractivity contribution is -0.196. The number of furan rings is 1. The normalized spacial score (nSPS) is 16.6. The van der Waals surface area contributed by atoms with E-state index in [4.69, 9.17) is 13.9 Å². The van der Waals surface area contributed by atoms with Crippen molar-refractivity contribution in [2.75, 3.05) is 18.5 Å². The number of carbonyl (C=O) groups excluding carboxylic acids is 2. The number of aromatic amines is 1. The van der Waals surface area contributed by atoms with Gasteiger partial charge in [0, 0.05) is 6.54 Å². The molecule has 3 aromatic rings. The Hall–Kier alpha value is -4.49. The third-order valence-corrected chi connectivity index (χ3v) is 5.85. The smallest absolute Gasteiger partial charge is 0.425 e. The molecule has 0 unspecified atom stereocenters. The second-order valence-electron chi connectivity index (χ2n) is 8.16. The summed E-state index contributed by atoms with van der Waals surface area (Å²) in [6.45, 7) is 4.12. The Morgan fingerprint density at radius 1 is 1.11 bits per heavy atom. The van der Waals surface area contributed by atoms with Crippen molar-refractivity contribution in [3.05, 3.63) is 74.3 Å². The van der Waals surface area contributed by atoms with Crippen LogP contribution in [0, 0.1) is 0 Å². The highest BCUT2D eigenvalue weighted by Crippen LogP contribution is 2.45. The molecule has 0 spiro atoms. The van der Waals surface area contributed by atoms with Crippen LogP contribution in [0.1, 0.15) is 35.5 Å². The molecule has 1 aliphatic heterocycles. The Morgan fingerprint density at radius 3 is 2.45 bits per heavy atom. The molecule has 38 heavy (non-hydrogen) atoms. The molecule has 1 aromatic carbocycles. The number of fused-ring (bicyclic) bond motifs is 1. The van der Waals surface area contributed by atoms with E-state index in [2.05, 4.69) is 0 Å². The molecule has 0 aliphatic carbocycles. The van der Waals surface area contributed by atoms with Crippen LogP contribution in [0.25, 0.3) is 0 Å². The summed E-state index contributed by atoms with van der Waals surface area (Å²) < 4.78 is 60.1. The number of nitrogens with one attached hydrogen (secondary N) is 3. The number of anilines is 1. The van der Waals surface area contributed by atoms with Crippen LogP contribution in [0.2, 0.25) is 0 Å². The molecule has 1 atom stereocenters. The van der Waals surface area contributed by atoms with Gasteiger partial charge in [0.1, 0.15) is 11.4 Å². The fraction of sp³-hybridized carbons (Fsp3) is 0.333. The number of alkyl halides is 3. The zero-order chi connectivity index (χ0) is 27.7. The molecule has 0 saturated heterocycles. The van der Waals surface area contributed by atoms with Crippen LogP contribution in [0.4, 0.5) is 19.0 Å². The first-order valence-electron chi connectivity index (χ1n) is 11.5. The number of nitrogens with zero attached hydrogens (tertiary/aromatic N) is 1. The van der Waals surface area contributed by atoms with Gasteiger partial charge in [0.15, 0.2) is 17.3 Å². The van der Waals surface area contributed by atoms with E-state index in [0.29, 0.717) is 30.3 Å². The number of hydrogen-bond donors (Lipinski definition) is 3. The number of H-pyrrole nitrogens is 1. The quantitative estimate of drug-likeness (QED) is 0.381. The Balaban J connectivity index is 1.75. The average Bonchev–Trinajstić information content (AvgIpc) is 3.48. The largest absolute Gasteiger partial charge is 0.490 e. The summed E-state index contributed by atoms with van der Waals surface area (Å²) in [5, 5.41) is 3.59. The predicted octanol–water partition coefficient (Wildman–Crippen LogP) is 2.31. The lowest BCUT2D eigenvalue weighted by Crippen LogP contribution is -2.62. The maximum atomic E-state index is 14.5. The van der Waals surface area contributed by atoms with E-state index in [9.17, 15) is 32.3 Å². The van der Waals surface area contributed by atoms with Gasteiger partial charge in [-0.1, -0.05) is 6.07 Å². The summed E-state index contributed by atoms with van der Waals surface area (Å²) in [4.78, 5) is 52.5. The average molecular weight is 536 g/mol. The topological polar surface area (TPSA) is 145 Å². The summed E-state index contributed by atoms with van der Waals surface area (Å²) in [5.74, 6) is -3.38. The van der Waals surface area contributed by atoms with Crippen molar-refractivity contribution < 1.29 is 36.7 Å². The molecule has 11 nitrogen and oxygen atoms in total. The van der Waals surface area contributed by atoms with Crippen LogP contribution < -0.4 is 31.4 Å². The summed E-state index contributed by atoms with van der Waals surface area (Å²) in [6, 6.07) is 7.36. The molecule has 4 rings (SSSR count). The van der Waals surface area contributed by atoms with Gasteiger partial charge in [0.25, 0.3) is 22.9 Å². The van der Waals surface area contributed by atoms with E-state index in [1.165, 1.54) is 6.07 Å². The minimum atomic E-state index is -5.46. The number of aryl methyl sites for hydroxylation is 1. The lowest BCUT2D eigenvalue weighted by Gasteiger charge is -2.29. The zero-order valence-corrected chi connectivity index (χ0v) is 20.2. The van der Waals surface area contributed by atoms with Crippen LogP contribution in [0.15, 0.2) is 50.6 Å². The summed E-state index contributed by atoms with van der Waals surface area (Å²) in [5.41, 5.74) is -6.80. The van der Waals surface area contributed by atoms with Crippen LogP contribution >= 0.6 is 0 Å². The Morgan fingerprint density at radius 2 is 1.82 bits per heavy atom. The maximum absolute atomic E-state index is 14.5. The van der Waals surface area contributed by atoms with Gasteiger partial charge in [0.2, 0.25) is 0 Å². The van der Waals surface area contributed by atoms with Crippen molar-refractivity contribution in [2.45, 2.75) is 38.5 Å². The Labute approximate surface area is 212 Å². The molecule has 202 valence electrons. The molecule has 0 radical (unpaired) electrons. The number of hydrogen-bond acceptors (Lipinski definition) is 7. The Kier molecular flexibility index (Phi) is 7.07. The minimum Gasteiger partial charge on any atom is -0.490 e. The van der Waals surface area contributed by atoms with Gasteiger partial charge in [-0.3, -0.25) is 23.9 Å². The number of ether oxygens (including phenoxy) is 2. The van der Waals surface area contributed by atoms with Crippen molar-refractivity contribution in [3.63, 3.8) is 0 Å². The number of halogens is 3. The first-order valence-corrected chi connectivity index (χ1v) is 11.5. The third kappa shape index (κ3) is 4.53. The van der Waals surface area contributed by atoms with E-state index in [0.717, 1.165) is 16.9 Å². The van der Waals surface area contributed by atoms with Gasteiger partial charge < -0.3 is 24.5 Å². The van der Waals surface area contributed by atoms with Gasteiger partial charge in [0.05, 0.1) is 19.5 Å². The van der Waals surface area contributed by atoms with Crippen molar-refractivity contribution in [3.8, 4) is 11.5 Å². The fourth-order valence-corrected chi connectivity index (χ4v) is 4.17. The first kappa shape index (κ1) is 26.6. The van der Waals surface area contributed by atoms with E-state index in [1.54, 1.807) is 37.4 Å². The highest BCUT2D eigenvalue weighted by atomic mass is 19.4. The summed E-state index contributed by atoms with van der Waals surface area (Å²) in [7, 11) is 0. The van der Waals surface area contributed by atoms with Gasteiger partial charge in [-0.05, 0) is 50.1 Å². The second-order valence-corrected chi connectivity index (χ2v) is 8.16. The molecule has 2 amide bonds. The molecule has 1 aliphatic rings.